The molecule has 8 aromatic rings. The van der Waals surface area contributed by atoms with Crippen LogP contribution in [-0.4, -0.2) is 94.8 Å². The number of carbonyl (C=O) groups is 4. The molecule has 22 heteroatoms. The van der Waals surface area contributed by atoms with Crippen molar-refractivity contribution in [1.82, 2.24) is 0 Å². The second-order valence-corrected chi connectivity index (χ2v) is 20.8. The van der Waals surface area contributed by atoms with Crippen molar-refractivity contribution in [2.24, 2.45) is 5.92 Å². The fourth-order valence-electron chi connectivity index (χ4n) is 10.0. The number of rotatable bonds is 30. The lowest BCUT2D eigenvalue weighted by atomic mass is 9.81. The summed E-state index contributed by atoms with van der Waals surface area (Å²) >= 11 is 0. The molecule has 98 heavy (non-hydrogen) atoms. The van der Waals surface area contributed by atoms with Crippen LogP contribution in [0.5, 0.6) is 63.2 Å². The number of benzene rings is 8. The van der Waals surface area contributed by atoms with Crippen LogP contribution in [0.15, 0.2) is 182 Å². The molecule has 0 radical (unpaired) electrons. The third-order valence-corrected chi connectivity index (χ3v) is 14.5. The highest BCUT2D eigenvalue weighted by Gasteiger charge is 2.31. The van der Waals surface area contributed by atoms with Gasteiger partial charge in [-0.05, 0) is 259 Å². The van der Waals surface area contributed by atoms with E-state index in [0.717, 1.165) is 105 Å². The standard InChI is InChI=1S/C26H28O9.C24H26O5.C23H30O5.3CH2O/c1-4-29-26(27)34-23-13-11-22(12-14-23)33-24-15-8-20(16-18(24)3)25(35-28)19-6-9-21(10-7-19)30-17-32-31-5-2;1-4-26-20-9-6-18(7-10-20)24(29-25)19-8-15-23(17(3)16-19)28-22-13-11-21(12-14-22)27-5-2;1-3-25-19-9-5-17(6-10-19)23(28-24)18-7-11-21(12-8-18)27-22-15-13-20(14-16-22)26-4-2;3*1-2/h6-16,25,28H,4-5,17H2,1-3H3;6-16,24-25H,4-5H2,1-3H3;5-6,9-10,13-16,18,21,23-24H,3-4,7-8,11-12H2,1-2H3;3*1H2. The summed E-state index contributed by atoms with van der Waals surface area (Å²) in [7, 11) is 0. The summed E-state index contributed by atoms with van der Waals surface area (Å²) < 4.78 is 55.1. The molecular formula is C76H90O22. The van der Waals surface area contributed by atoms with Gasteiger partial charge < -0.3 is 61.8 Å². The van der Waals surface area contributed by atoms with E-state index in [1.54, 1.807) is 61.5 Å². The van der Waals surface area contributed by atoms with Gasteiger partial charge in [-0.1, -0.05) is 48.5 Å². The molecule has 1 aliphatic rings. The fraction of sp³-hybridized carbons (Fsp3) is 0.316. The van der Waals surface area contributed by atoms with Gasteiger partial charge in [0, 0.05) is 0 Å². The lowest BCUT2D eigenvalue weighted by molar-refractivity contribution is -0.320. The van der Waals surface area contributed by atoms with Crippen LogP contribution < -0.4 is 42.6 Å². The summed E-state index contributed by atoms with van der Waals surface area (Å²) in [5.41, 5.74) is 5.87. The van der Waals surface area contributed by atoms with Gasteiger partial charge in [0.2, 0.25) is 6.79 Å². The summed E-state index contributed by atoms with van der Waals surface area (Å²) in [6.07, 6.45) is 1.59. The Hall–Kier alpha value is -9.88. The van der Waals surface area contributed by atoms with Gasteiger partial charge in [0.05, 0.1) is 45.7 Å². The van der Waals surface area contributed by atoms with Crippen molar-refractivity contribution in [3.05, 3.63) is 221 Å². The highest BCUT2D eigenvalue weighted by atomic mass is 17.2. The average molecular weight is 1360 g/mol. The largest absolute Gasteiger partial charge is 0.513 e. The monoisotopic (exact) mass is 1350 g/mol. The van der Waals surface area contributed by atoms with E-state index in [4.69, 9.17) is 86.2 Å². The van der Waals surface area contributed by atoms with Crippen molar-refractivity contribution >= 4 is 26.5 Å². The molecule has 526 valence electrons. The molecule has 0 bridgehead atoms. The van der Waals surface area contributed by atoms with Crippen molar-refractivity contribution in [2.45, 2.75) is 105 Å². The summed E-state index contributed by atoms with van der Waals surface area (Å²) in [5, 5.41) is 28.6. The summed E-state index contributed by atoms with van der Waals surface area (Å²) in [4.78, 5) is 59.4. The van der Waals surface area contributed by atoms with Crippen LogP contribution >= 0.6 is 0 Å². The van der Waals surface area contributed by atoms with Gasteiger partial charge in [-0.3, -0.25) is 15.8 Å². The van der Waals surface area contributed by atoms with Gasteiger partial charge >= 0.3 is 6.16 Å². The molecule has 0 aliphatic heterocycles. The van der Waals surface area contributed by atoms with Gasteiger partial charge in [-0.2, -0.15) is 4.89 Å². The molecule has 3 atom stereocenters. The summed E-state index contributed by atoms with van der Waals surface area (Å²) in [5.74, 6) is 8.01. The zero-order valence-corrected chi connectivity index (χ0v) is 56.7. The zero-order valence-electron chi connectivity index (χ0n) is 56.7. The van der Waals surface area contributed by atoms with Gasteiger partial charge in [0.15, 0.2) is 0 Å². The van der Waals surface area contributed by atoms with Crippen molar-refractivity contribution < 1.29 is 107 Å². The molecule has 8 aromatic carbocycles. The maximum absolute atomic E-state index is 11.4. The molecule has 9 rings (SSSR count). The Balaban J connectivity index is 0.000000302. The molecule has 1 fully saturated rings. The molecular weight excluding hydrogens is 1260 g/mol. The Kier molecular flexibility index (Phi) is 38.1. The predicted molar refractivity (Wildman–Crippen MR) is 367 cm³/mol. The minimum atomic E-state index is -0.758. The third-order valence-electron chi connectivity index (χ3n) is 14.5. The van der Waals surface area contributed by atoms with E-state index in [-0.39, 0.29) is 31.5 Å². The van der Waals surface area contributed by atoms with E-state index in [2.05, 4.69) is 0 Å². The van der Waals surface area contributed by atoms with Crippen LogP contribution in [0.4, 0.5) is 4.79 Å². The van der Waals surface area contributed by atoms with Crippen molar-refractivity contribution in [1.29, 1.82) is 0 Å². The van der Waals surface area contributed by atoms with E-state index in [9.17, 15) is 20.6 Å². The third kappa shape index (κ3) is 26.6. The summed E-state index contributed by atoms with van der Waals surface area (Å²) in [6, 6.07) is 55.4. The number of ether oxygens (including phenoxy) is 10. The first-order valence-corrected chi connectivity index (χ1v) is 31.7. The van der Waals surface area contributed by atoms with Crippen LogP contribution in [0, 0.1) is 19.8 Å². The van der Waals surface area contributed by atoms with E-state index < -0.39 is 18.4 Å². The molecule has 1 saturated carbocycles. The second-order valence-electron chi connectivity index (χ2n) is 20.8. The number of aryl methyl sites for hydroxylation is 2. The molecule has 1 aliphatic carbocycles. The molecule has 0 saturated heterocycles. The Labute approximate surface area is 573 Å². The van der Waals surface area contributed by atoms with Crippen molar-refractivity contribution in [3.8, 4) is 63.2 Å². The molecule has 0 aromatic heterocycles. The molecule has 3 N–H and O–H groups in total. The van der Waals surface area contributed by atoms with E-state index >= 15 is 0 Å². The first-order chi connectivity index (χ1) is 47.9. The topological polar surface area (TPSA) is 267 Å². The van der Waals surface area contributed by atoms with E-state index in [1.165, 1.54) is 0 Å². The maximum Gasteiger partial charge on any atom is 0.513 e. The molecule has 0 spiro atoms. The van der Waals surface area contributed by atoms with Gasteiger partial charge in [0.25, 0.3) is 0 Å². The zero-order chi connectivity index (χ0) is 71.5. The molecule has 22 nitrogen and oxygen atoms in total. The first kappa shape index (κ1) is 80.6. The minimum Gasteiger partial charge on any atom is -0.494 e. The number of hydrogen-bond donors (Lipinski definition) is 3. The summed E-state index contributed by atoms with van der Waals surface area (Å²) in [6.45, 7) is 24.3. The van der Waals surface area contributed by atoms with Crippen LogP contribution in [0.1, 0.15) is 124 Å². The lowest BCUT2D eigenvalue weighted by Gasteiger charge is -2.32. The van der Waals surface area contributed by atoms with Crippen LogP contribution in [0.3, 0.4) is 0 Å². The van der Waals surface area contributed by atoms with Crippen molar-refractivity contribution in [2.75, 3.05) is 46.4 Å². The number of hydrogen-bond acceptors (Lipinski definition) is 22. The number of carbonyl (C=O) groups excluding carboxylic acids is 4. The van der Waals surface area contributed by atoms with Crippen LogP contribution in [-0.2, 0) is 43.6 Å². The second kappa shape index (κ2) is 46.3. The Morgan fingerprint density at radius 3 is 1.09 bits per heavy atom. The fourth-order valence-corrected chi connectivity index (χ4v) is 10.0. The van der Waals surface area contributed by atoms with Crippen LogP contribution in [0.25, 0.3) is 0 Å². The average Bonchev–Trinajstić information content (AvgIpc) is 0.845. The Morgan fingerprint density at radius 1 is 0.388 bits per heavy atom. The normalized spacial score (nSPS) is 13.5. The molecule has 0 amide bonds. The van der Waals surface area contributed by atoms with Crippen LogP contribution in [0.2, 0.25) is 0 Å². The Morgan fingerprint density at radius 2 is 0.735 bits per heavy atom. The van der Waals surface area contributed by atoms with Gasteiger partial charge in [-0.15, -0.1) is 0 Å². The molecule has 0 heterocycles. The van der Waals surface area contributed by atoms with Gasteiger partial charge in [-0.25, -0.2) is 24.3 Å². The predicted octanol–water partition coefficient (Wildman–Crippen LogP) is 17.5. The quantitative estimate of drug-likeness (QED) is 0.00943. The lowest BCUT2D eigenvalue weighted by Crippen LogP contribution is -2.27. The SMILES string of the molecule is C=O.C=O.C=O.CCOOCOc1ccc(C(OO)c2ccc(Oc3ccc(OC(=O)OCC)cc3)c(C)c2)cc1.CCOc1ccc(OC2CCC(C(OO)c3ccc(OCC)cc3)CC2)cc1.CCOc1ccc(Oc2ccc(C(OO)c3ccc(OCC)cc3)cc2C)cc1. The minimum absolute atomic E-state index is 0.0328. The highest BCUT2D eigenvalue weighted by Crippen LogP contribution is 2.39. The molecule has 3 unspecified atom stereocenters. The van der Waals surface area contributed by atoms with E-state index in [1.807, 2.05) is 196 Å². The highest BCUT2D eigenvalue weighted by molar-refractivity contribution is 5.64. The van der Waals surface area contributed by atoms with E-state index in [0.29, 0.717) is 56.0 Å². The van der Waals surface area contributed by atoms with Crippen molar-refractivity contribution in [3.63, 3.8) is 0 Å². The maximum atomic E-state index is 11.4. The Bertz CT molecular complexity index is 3430. The van der Waals surface area contributed by atoms with Gasteiger partial charge in [0.1, 0.15) is 102 Å². The smallest absolute Gasteiger partial charge is 0.494 e. The first-order valence-electron chi connectivity index (χ1n) is 31.7.